The molecule has 3 heteroatoms. The molecule has 0 saturated carbocycles. The lowest BCUT2D eigenvalue weighted by Crippen LogP contribution is -2.10. The first-order valence-electron chi connectivity index (χ1n) is 18.1. The van der Waals surface area contributed by atoms with E-state index in [0.29, 0.717) is 0 Å². The number of para-hydroxylation sites is 3. The van der Waals surface area contributed by atoms with Crippen LogP contribution in [0.25, 0.3) is 82.1 Å². The summed E-state index contributed by atoms with van der Waals surface area (Å²) >= 11 is 0. The highest BCUT2D eigenvalue weighted by Crippen LogP contribution is 2.43. The van der Waals surface area contributed by atoms with Gasteiger partial charge in [-0.2, -0.15) is 0 Å². The topological polar surface area (TPSA) is 21.3 Å². The van der Waals surface area contributed by atoms with Crippen LogP contribution in [-0.2, 0) is 0 Å². The Morgan fingerprint density at radius 2 is 0.962 bits per heavy atom. The minimum Gasteiger partial charge on any atom is -0.456 e. The van der Waals surface area contributed by atoms with Crippen LogP contribution in [0.5, 0.6) is 0 Å². The molecule has 0 amide bonds. The van der Waals surface area contributed by atoms with Gasteiger partial charge in [-0.3, -0.25) is 0 Å². The van der Waals surface area contributed by atoms with E-state index in [1.807, 2.05) is 12.1 Å². The van der Waals surface area contributed by atoms with Gasteiger partial charge in [0.25, 0.3) is 0 Å². The average molecular weight is 677 g/mol. The van der Waals surface area contributed by atoms with Crippen molar-refractivity contribution < 1.29 is 4.42 Å². The summed E-state index contributed by atoms with van der Waals surface area (Å²) in [4.78, 5) is 2.37. The Morgan fingerprint density at radius 3 is 1.81 bits per heavy atom. The van der Waals surface area contributed by atoms with Crippen LogP contribution in [0.1, 0.15) is 0 Å². The van der Waals surface area contributed by atoms with Crippen LogP contribution in [-0.4, -0.2) is 4.57 Å². The molecular formula is C50H32N2O. The van der Waals surface area contributed by atoms with Crippen LogP contribution in [0.15, 0.2) is 199 Å². The Morgan fingerprint density at radius 1 is 0.358 bits per heavy atom. The van der Waals surface area contributed by atoms with Crippen LogP contribution >= 0.6 is 0 Å². The Balaban J connectivity index is 1.13. The van der Waals surface area contributed by atoms with Crippen molar-refractivity contribution in [1.29, 1.82) is 0 Å². The third kappa shape index (κ3) is 4.68. The van der Waals surface area contributed by atoms with Crippen molar-refractivity contribution in [2.24, 2.45) is 0 Å². The Kier molecular flexibility index (Phi) is 6.55. The number of benzene rings is 9. The Bertz CT molecular complexity index is 3170. The highest BCUT2D eigenvalue weighted by molar-refractivity contribution is 6.14. The first kappa shape index (κ1) is 29.6. The predicted octanol–water partition coefficient (Wildman–Crippen LogP) is 14.1. The molecule has 0 aliphatic heterocycles. The second-order valence-corrected chi connectivity index (χ2v) is 13.7. The van der Waals surface area contributed by atoms with E-state index < -0.39 is 0 Å². The van der Waals surface area contributed by atoms with Crippen LogP contribution < -0.4 is 4.90 Å². The lowest BCUT2D eigenvalue weighted by Gasteiger charge is -2.26. The highest BCUT2D eigenvalue weighted by Gasteiger charge is 2.19. The van der Waals surface area contributed by atoms with E-state index >= 15 is 0 Å². The predicted molar refractivity (Wildman–Crippen MR) is 223 cm³/mol. The number of furan rings is 1. The van der Waals surface area contributed by atoms with Crippen molar-refractivity contribution in [2.45, 2.75) is 0 Å². The van der Waals surface area contributed by atoms with Gasteiger partial charge >= 0.3 is 0 Å². The molecule has 2 aromatic heterocycles. The first-order valence-corrected chi connectivity index (χ1v) is 18.1. The van der Waals surface area contributed by atoms with Crippen LogP contribution in [0.4, 0.5) is 17.1 Å². The molecule has 0 aliphatic rings. The zero-order chi connectivity index (χ0) is 34.9. The van der Waals surface area contributed by atoms with E-state index in [0.717, 1.165) is 50.2 Å². The summed E-state index contributed by atoms with van der Waals surface area (Å²) in [5.41, 5.74) is 10.9. The Hall–Kier alpha value is -7.10. The fraction of sp³-hybridized carbons (Fsp3) is 0. The maximum atomic E-state index is 6.26. The minimum absolute atomic E-state index is 0.882. The zero-order valence-corrected chi connectivity index (χ0v) is 28.8. The van der Waals surface area contributed by atoms with Crippen molar-refractivity contribution in [1.82, 2.24) is 4.57 Å². The van der Waals surface area contributed by atoms with E-state index in [1.165, 1.54) is 49.0 Å². The Labute approximate surface area is 306 Å². The molecule has 0 atom stereocenters. The summed E-state index contributed by atoms with van der Waals surface area (Å²) in [6.45, 7) is 0. The molecule has 0 N–H and O–H groups in total. The van der Waals surface area contributed by atoms with Crippen molar-refractivity contribution in [3.8, 4) is 16.8 Å². The molecule has 0 radical (unpaired) electrons. The summed E-state index contributed by atoms with van der Waals surface area (Å²) in [5.74, 6) is 0. The van der Waals surface area contributed by atoms with Gasteiger partial charge in [-0.25, -0.2) is 0 Å². The fourth-order valence-corrected chi connectivity index (χ4v) is 8.34. The second kappa shape index (κ2) is 11.7. The SMILES string of the molecule is c1ccc(-n2c3ccccc3c3ccc(N(c4ccc(-c5cc6ccccc6c6ccccc56)cc4)c4ccc5oc6ccccc6c5c4)cc32)cc1. The summed E-state index contributed by atoms with van der Waals surface area (Å²) in [6, 6.07) is 69.8. The number of hydrogen-bond acceptors (Lipinski definition) is 2. The van der Waals surface area contributed by atoms with Gasteiger partial charge in [-0.1, -0.05) is 121 Å². The monoisotopic (exact) mass is 676 g/mol. The van der Waals surface area contributed by atoms with Crippen molar-refractivity contribution in [2.75, 3.05) is 4.90 Å². The standard InChI is InChI=1S/C50H32N2O/c1-2-13-35(14-3-1)52-47-20-10-8-18-42(47)43-28-26-38(32-48(43)52)51(37-27-29-50-46(31-37)44-19-9-11-21-49(44)53-50)36-24-22-33(23-25-36)45-30-34-12-4-5-15-39(34)40-16-6-7-17-41(40)45/h1-32H. The second-order valence-electron chi connectivity index (χ2n) is 13.7. The molecule has 0 bridgehead atoms. The van der Waals surface area contributed by atoms with Crippen LogP contribution in [0.2, 0.25) is 0 Å². The lowest BCUT2D eigenvalue weighted by atomic mass is 9.93. The number of rotatable bonds is 5. The molecule has 53 heavy (non-hydrogen) atoms. The first-order chi connectivity index (χ1) is 26.3. The maximum Gasteiger partial charge on any atom is 0.135 e. The number of nitrogens with zero attached hydrogens (tertiary/aromatic N) is 2. The summed E-state index contributed by atoms with van der Waals surface area (Å²) in [5, 5.41) is 9.73. The molecular weight excluding hydrogens is 645 g/mol. The van der Waals surface area contributed by atoms with E-state index in [2.05, 4.69) is 191 Å². The van der Waals surface area contributed by atoms with Gasteiger partial charge in [0.1, 0.15) is 11.2 Å². The van der Waals surface area contributed by atoms with Crippen LogP contribution in [0.3, 0.4) is 0 Å². The molecule has 0 saturated heterocycles. The van der Waals surface area contributed by atoms with Gasteiger partial charge in [0.2, 0.25) is 0 Å². The smallest absolute Gasteiger partial charge is 0.135 e. The third-order valence-electron chi connectivity index (χ3n) is 10.8. The quantitative estimate of drug-likeness (QED) is 0.169. The van der Waals surface area contributed by atoms with E-state index in [1.54, 1.807) is 0 Å². The average Bonchev–Trinajstić information content (AvgIpc) is 3.76. The summed E-state index contributed by atoms with van der Waals surface area (Å²) in [7, 11) is 0. The van der Waals surface area contributed by atoms with Gasteiger partial charge in [0.05, 0.1) is 11.0 Å². The number of fused-ring (bicyclic) bond motifs is 9. The zero-order valence-electron chi connectivity index (χ0n) is 28.8. The van der Waals surface area contributed by atoms with Gasteiger partial charge < -0.3 is 13.9 Å². The molecule has 2 heterocycles. The largest absolute Gasteiger partial charge is 0.456 e. The molecule has 0 unspecified atom stereocenters. The van der Waals surface area contributed by atoms with E-state index in [-0.39, 0.29) is 0 Å². The molecule has 9 aromatic carbocycles. The number of anilines is 3. The molecule has 248 valence electrons. The van der Waals surface area contributed by atoms with Crippen LogP contribution in [0, 0.1) is 0 Å². The van der Waals surface area contributed by atoms with E-state index in [9.17, 15) is 0 Å². The number of aromatic nitrogens is 1. The molecule has 3 nitrogen and oxygen atoms in total. The maximum absolute atomic E-state index is 6.26. The van der Waals surface area contributed by atoms with Crippen molar-refractivity contribution in [3.63, 3.8) is 0 Å². The van der Waals surface area contributed by atoms with Gasteiger partial charge in [0, 0.05) is 44.3 Å². The summed E-state index contributed by atoms with van der Waals surface area (Å²) < 4.78 is 8.65. The highest BCUT2D eigenvalue weighted by atomic mass is 16.3. The number of hydrogen-bond donors (Lipinski definition) is 0. The molecule has 0 fully saturated rings. The third-order valence-corrected chi connectivity index (χ3v) is 10.8. The lowest BCUT2D eigenvalue weighted by molar-refractivity contribution is 0.669. The molecule has 0 aliphatic carbocycles. The molecule has 11 aromatic rings. The summed E-state index contributed by atoms with van der Waals surface area (Å²) in [6.07, 6.45) is 0. The van der Waals surface area contributed by atoms with Crippen molar-refractivity contribution >= 4 is 82.4 Å². The van der Waals surface area contributed by atoms with E-state index in [4.69, 9.17) is 4.42 Å². The fourth-order valence-electron chi connectivity index (χ4n) is 8.34. The van der Waals surface area contributed by atoms with Gasteiger partial charge in [-0.15, -0.1) is 0 Å². The molecule has 11 rings (SSSR count). The molecule has 0 spiro atoms. The van der Waals surface area contributed by atoms with Gasteiger partial charge in [-0.05, 0) is 105 Å². The van der Waals surface area contributed by atoms with Crippen molar-refractivity contribution in [3.05, 3.63) is 194 Å². The van der Waals surface area contributed by atoms with Gasteiger partial charge in [0.15, 0.2) is 0 Å². The normalized spacial score (nSPS) is 11.8. The minimum atomic E-state index is 0.882.